The Morgan fingerprint density at radius 1 is 1.09 bits per heavy atom. The number of piperidine rings is 1. The number of anilines is 1. The smallest absolute Gasteiger partial charge is 0.357 e. The van der Waals surface area contributed by atoms with E-state index in [-0.39, 0.29) is 17.9 Å². The van der Waals surface area contributed by atoms with E-state index < -0.39 is 0 Å². The van der Waals surface area contributed by atoms with E-state index in [1.165, 1.54) is 16.9 Å². The minimum Gasteiger partial charge on any atom is -0.461 e. The van der Waals surface area contributed by atoms with Crippen molar-refractivity contribution in [3.63, 3.8) is 0 Å². The van der Waals surface area contributed by atoms with Crippen LogP contribution in [-0.4, -0.2) is 41.6 Å². The van der Waals surface area contributed by atoms with Gasteiger partial charge in [0.25, 0.3) is 0 Å². The van der Waals surface area contributed by atoms with Crippen LogP contribution in [0.1, 0.15) is 53.7 Å². The number of benzene rings is 2. The number of aryl methyl sites for hydroxylation is 1. The third-order valence-corrected chi connectivity index (χ3v) is 6.99. The molecule has 2 aromatic carbocycles. The van der Waals surface area contributed by atoms with Gasteiger partial charge in [0.1, 0.15) is 0 Å². The highest BCUT2D eigenvalue weighted by molar-refractivity contribution is 7.09. The average Bonchev–Trinajstić information content (AvgIpc) is 3.35. The average molecular weight is 464 g/mol. The van der Waals surface area contributed by atoms with Crippen molar-refractivity contribution in [2.45, 2.75) is 39.0 Å². The summed E-state index contributed by atoms with van der Waals surface area (Å²) < 4.78 is 5.03. The van der Waals surface area contributed by atoms with Crippen LogP contribution in [0.4, 0.5) is 10.5 Å². The van der Waals surface area contributed by atoms with Crippen molar-refractivity contribution in [2.24, 2.45) is 0 Å². The van der Waals surface area contributed by atoms with Crippen molar-refractivity contribution in [1.29, 1.82) is 0 Å². The highest BCUT2D eigenvalue weighted by Gasteiger charge is 2.27. The first-order chi connectivity index (χ1) is 16.1. The van der Waals surface area contributed by atoms with Crippen LogP contribution in [0, 0.1) is 0 Å². The number of ether oxygens (including phenoxy) is 1. The molecular formula is C26H29N3O3S. The molecule has 4 rings (SSSR count). The maximum absolute atomic E-state index is 13.0. The number of nitrogens with zero attached hydrogens (tertiary/aromatic N) is 2. The molecule has 0 unspecified atom stereocenters. The van der Waals surface area contributed by atoms with Gasteiger partial charge in [-0.3, -0.25) is 0 Å². The second-order valence-corrected chi connectivity index (χ2v) is 8.97. The SMILES string of the molecule is CCOC(=O)c1csc(C2CCN(C(=O)Nc3ccccc3-c3ccc(CC)cc3)CC2)n1. The summed E-state index contributed by atoms with van der Waals surface area (Å²) in [4.78, 5) is 31.2. The lowest BCUT2D eigenvalue weighted by molar-refractivity contribution is 0.0520. The Labute approximate surface area is 198 Å². The van der Waals surface area contributed by atoms with Gasteiger partial charge < -0.3 is 15.0 Å². The second-order valence-electron chi connectivity index (χ2n) is 8.08. The van der Waals surface area contributed by atoms with Crippen LogP contribution in [0.25, 0.3) is 11.1 Å². The number of esters is 1. The van der Waals surface area contributed by atoms with Gasteiger partial charge in [0.2, 0.25) is 0 Å². The number of para-hydroxylation sites is 1. The minimum atomic E-state index is -0.375. The Morgan fingerprint density at radius 2 is 1.82 bits per heavy atom. The van der Waals surface area contributed by atoms with Crippen molar-refractivity contribution >= 4 is 29.0 Å². The van der Waals surface area contributed by atoms with Gasteiger partial charge >= 0.3 is 12.0 Å². The number of nitrogens with one attached hydrogen (secondary N) is 1. The zero-order valence-corrected chi connectivity index (χ0v) is 19.9. The summed E-state index contributed by atoms with van der Waals surface area (Å²) in [5.74, 6) is -0.119. The third kappa shape index (κ3) is 5.42. The number of carbonyl (C=O) groups excluding carboxylic acids is 2. The molecule has 2 heterocycles. The largest absolute Gasteiger partial charge is 0.461 e. The quantitative estimate of drug-likeness (QED) is 0.458. The first-order valence-electron chi connectivity index (χ1n) is 11.5. The first kappa shape index (κ1) is 23.0. The van der Waals surface area contributed by atoms with Crippen molar-refractivity contribution in [3.05, 3.63) is 70.2 Å². The van der Waals surface area contributed by atoms with Crippen LogP contribution in [0.2, 0.25) is 0 Å². The summed E-state index contributed by atoms with van der Waals surface area (Å²) in [5, 5.41) is 5.81. The lowest BCUT2D eigenvalue weighted by Crippen LogP contribution is -2.40. The van der Waals surface area contributed by atoms with E-state index in [1.54, 1.807) is 12.3 Å². The topological polar surface area (TPSA) is 71.5 Å². The Balaban J connectivity index is 1.38. The van der Waals surface area contributed by atoms with Crippen molar-refractivity contribution in [3.8, 4) is 11.1 Å². The van der Waals surface area contributed by atoms with Crippen LogP contribution in [0.5, 0.6) is 0 Å². The van der Waals surface area contributed by atoms with E-state index in [4.69, 9.17) is 4.74 Å². The standard InChI is InChI=1S/C26H29N3O3S/c1-3-18-9-11-19(12-10-18)21-7-5-6-8-22(21)28-26(31)29-15-13-20(14-16-29)24-27-23(17-33-24)25(30)32-4-2/h5-12,17,20H,3-4,13-16H2,1-2H3,(H,28,31). The van der Waals surface area contributed by atoms with Crippen LogP contribution >= 0.6 is 11.3 Å². The Hall–Kier alpha value is -3.19. The summed E-state index contributed by atoms with van der Waals surface area (Å²) in [7, 11) is 0. The van der Waals surface area contributed by atoms with E-state index in [2.05, 4.69) is 41.5 Å². The molecule has 0 saturated carbocycles. The van der Waals surface area contributed by atoms with Crippen molar-refractivity contribution < 1.29 is 14.3 Å². The number of likely N-dealkylation sites (tertiary alicyclic amines) is 1. The van der Waals surface area contributed by atoms with Gasteiger partial charge in [-0.25, -0.2) is 14.6 Å². The molecule has 0 spiro atoms. The highest BCUT2D eigenvalue weighted by atomic mass is 32.1. The molecule has 3 aromatic rings. The van der Waals surface area contributed by atoms with Gasteiger partial charge in [-0.1, -0.05) is 49.4 Å². The number of hydrogen-bond donors (Lipinski definition) is 1. The zero-order chi connectivity index (χ0) is 23.2. The van der Waals surface area contributed by atoms with Crippen LogP contribution in [0.3, 0.4) is 0 Å². The first-order valence-corrected chi connectivity index (χ1v) is 12.3. The Kier molecular flexibility index (Phi) is 7.40. The molecule has 6 nitrogen and oxygen atoms in total. The summed E-state index contributed by atoms with van der Waals surface area (Å²) in [6.45, 7) is 5.56. The van der Waals surface area contributed by atoms with E-state index >= 15 is 0 Å². The fraction of sp³-hybridized carbons (Fsp3) is 0.346. The maximum atomic E-state index is 13.0. The molecule has 1 aromatic heterocycles. The zero-order valence-electron chi connectivity index (χ0n) is 19.0. The number of aromatic nitrogens is 1. The fourth-order valence-corrected chi connectivity index (χ4v) is 5.02. The number of hydrogen-bond acceptors (Lipinski definition) is 5. The Bertz CT molecular complexity index is 1100. The lowest BCUT2D eigenvalue weighted by atomic mass is 9.98. The van der Waals surface area contributed by atoms with Crippen LogP contribution in [-0.2, 0) is 11.2 Å². The summed E-state index contributed by atoms with van der Waals surface area (Å²) in [6.07, 6.45) is 2.65. The molecule has 1 saturated heterocycles. The molecule has 0 atom stereocenters. The minimum absolute atomic E-state index is 0.0857. The number of thiazole rings is 1. The van der Waals surface area contributed by atoms with Gasteiger partial charge in [-0.2, -0.15) is 0 Å². The van der Waals surface area contributed by atoms with E-state index in [0.29, 0.717) is 25.4 Å². The molecule has 1 N–H and O–H groups in total. The molecule has 7 heteroatoms. The molecule has 1 aliphatic rings. The van der Waals surface area contributed by atoms with E-state index in [1.807, 2.05) is 29.2 Å². The molecule has 1 aliphatic heterocycles. The van der Waals surface area contributed by atoms with Gasteiger partial charge in [-0.15, -0.1) is 11.3 Å². The molecule has 33 heavy (non-hydrogen) atoms. The van der Waals surface area contributed by atoms with E-state index in [0.717, 1.165) is 41.1 Å². The second kappa shape index (κ2) is 10.6. The number of urea groups is 1. The molecule has 1 fully saturated rings. The number of carbonyl (C=O) groups is 2. The number of amides is 2. The monoisotopic (exact) mass is 463 g/mol. The maximum Gasteiger partial charge on any atom is 0.357 e. The molecule has 172 valence electrons. The highest BCUT2D eigenvalue weighted by Crippen LogP contribution is 2.32. The van der Waals surface area contributed by atoms with Crippen molar-refractivity contribution in [1.82, 2.24) is 9.88 Å². The fourth-order valence-electron chi connectivity index (χ4n) is 4.06. The molecular weight excluding hydrogens is 434 g/mol. The summed E-state index contributed by atoms with van der Waals surface area (Å²) in [6, 6.07) is 16.3. The van der Waals surface area contributed by atoms with Crippen molar-refractivity contribution in [2.75, 3.05) is 25.0 Å². The lowest BCUT2D eigenvalue weighted by Gasteiger charge is -2.31. The summed E-state index contributed by atoms with van der Waals surface area (Å²) >= 11 is 1.49. The molecule has 0 aliphatic carbocycles. The molecule has 0 bridgehead atoms. The normalized spacial score (nSPS) is 14.2. The Morgan fingerprint density at radius 3 is 2.52 bits per heavy atom. The summed E-state index contributed by atoms with van der Waals surface area (Å²) in [5.41, 5.74) is 4.58. The molecule has 0 radical (unpaired) electrons. The van der Waals surface area contributed by atoms with E-state index in [9.17, 15) is 9.59 Å². The third-order valence-electron chi connectivity index (χ3n) is 5.98. The van der Waals surface area contributed by atoms with Gasteiger partial charge in [0, 0.05) is 30.0 Å². The van der Waals surface area contributed by atoms with Crippen LogP contribution < -0.4 is 5.32 Å². The molecule has 2 amide bonds. The van der Waals surface area contributed by atoms with Gasteiger partial charge in [-0.05, 0) is 43.4 Å². The predicted octanol–water partition coefficient (Wildman–Crippen LogP) is 5.96. The number of rotatable bonds is 6. The van der Waals surface area contributed by atoms with Crippen LogP contribution in [0.15, 0.2) is 53.9 Å². The van der Waals surface area contributed by atoms with Gasteiger partial charge in [0.05, 0.1) is 17.3 Å². The predicted molar refractivity (Wildman–Crippen MR) is 132 cm³/mol. The van der Waals surface area contributed by atoms with Gasteiger partial charge in [0.15, 0.2) is 5.69 Å².